The predicted molar refractivity (Wildman–Crippen MR) is 105 cm³/mol. The lowest BCUT2D eigenvalue weighted by atomic mass is 10.1. The minimum Gasteiger partial charge on any atom is -0.490 e. The number of nitrogens with one attached hydrogen (secondary N) is 1. The van der Waals surface area contributed by atoms with Crippen LogP contribution >= 0.6 is 0 Å². The van der Waals surface area contributed by atoms with E-state index >= 15 is 0 Å². The largest absolute Gasteiger partial charge is 0.490 e. The van der Waals surface area contributed by atoms with Crippen LogP contribution in [0.5, 0.6) is 11.5 Å². The highest BCUT2D eigenvalue weighted by molar-refractivity contribution is 5.91. The molecule has 0 fully saturated rings. The van der Waals surface area contributed by atoms with Gasteiger partial charge in [0, 0.05) is 18.3 Å². The first kappa shape index (κ1) is 19.4. The Kier molecular flexibility index (Phi) is 7.55. The number of nitrogens with two attached hydrogens (primary N) is 1. The maximum atomic E-state index is 11.9. The number of carbonyl (C=O) groups is 1. The van der Waals surface area contributed by atoms with Crippen LogP contribution in [0.3, 0.4) is 0 Å². The molecule has 0 atom stereocenters. The molecule has 0 saturated heterocycles. The van der Waals surface area contributed by atoms with E-state index in [1.165, 1.54) is 6.08 Å². The van der Waals surface area contributed by atoms with Gasteiger partial charge in [0.25, 0.3) is 0 Å². The number of rotatable bonds is 9. The van der Waals surface area contributed by atoms with Crippen LogP contribution in [0.1, 0.15) is 25.0 Å². The topological polar surface area (TPSA) is 73.6 Å². The highest BCUT2D eigenvalue weighted by atomic mass is 16.5. The van der Waals surface area contributed by atoms with Crippen LogP contribution in [-0.2, 0) is 11.2 Å². The van der Waals surface area contributed by atoms with Gasteiger partial charge in [0.2, 0.25) is 5.91 Å². The van der Waals surface area contributed by atoms with Crippen molar-refractivity contribution in [3.63, 3.8) is 0 Å². The fourth-order valence-corrected chi connectivity index (χ4v) is 2.42. The van der Waals surface area contributed by atoms with Gasteiger partial charge >= 0.3 is 0 Å². The van der Waals surface area contributed by atoms with Crippen LogP contribution in [0, 0.1) is 0 Å². The summed E-state index contributed by atoms with van der Waals surface area (Å²) < 4.78 is 11.2. The number of ether oxygens (including phenoxy) is 2. The Morgan fingerprint density at radius 2 is 1.73 bits per heavy atom. The van der Waals surface area contributed by atoms with Crippen molar-refractivity contribution in [3.8, 4) is 11.5 Å². The van der Waals surface area contributed by atoms with Gasteiger partial charge in [0.05, 0.1) is 13.2 Å². The number of amides is 1. The van der Waals surface area contributed by atoms with E-state index in [0.717, 1.165) is 22.6 Å². The van der Waals surface area contributed by atoms with Crippen LogP contribution in [0.2, 0.25) is 0 Å². The average Bonchev–Trinajstić information content (AvgIpc) is 2.64. The molecule has 2 rings (SSSR count). The molecular weight excluding hydrogens is 328 g/mol. The minimum absolute atomic E-state index is 0.127. The van der Waals surface area contributed by atoms with Crippen molar-refractivity contribution in [2.45, 2.75) is 20.3 Å². The smallest absolute Gasteiger partial charge is 0.244 e. The third-order valence-electron chi connectivity index (χ3n) is 3.68. The molecule has 0 aliphatic carbocycles. The third kappa shape index (κ3) is 6.16. The van der Waals surface area contributed by atoms with Gasteiger partial charge in [0.15, 0.2) is 11.5 Å². The molecule has 1 amide bonds. The lowest BCUT2D eigenvalue weighted by Crippen LogP contribution is -2.23. The van der Waals surface area contributed by atoms with Gasteiger partial charge in [-0.25, -0.2) is 0 Å². The van der Waals surface area contributed by atoms with E-state index in [4.69, 9.17) is 15.2 Å². The molecule has 138 valence electrons. The van der Waals surface area contributed by atoms with E-state index in [1.807, 2.05) is 44.2 Å². The molecule has 0 radical (unpaired) electrons. The van der Waals surface area contributed by atoms with Gasteiger partial charge in [-0.2, -0.15) is 0 Å². The van der Waals surface area contributed by atoms with Crippen LogP contribution in [-0.4, -0.2) is 25.7 Å². The Morgan fingerprint density at radius 1 is 1.04 bits per heavy atom. The Hall–Kier alpha value is -2.95. The van der Waals surface area contributed by atoms with Gasteiger partial charge in [-0.15, -0.1) is 0 Å². The normalized spacial score (nSPS) is 10.7. The molecule has 5 nitrogen and oxygen atoms in total. The van der Waals surface area contributed by atoms with Crippen molar-refractivity contribution < 1.29 is 14.3 Å². The summed E-state index contributed by atoms with van der Waals surface area (Å²) in [6, 6.07) is 13.2. The van der Waals surface area contributed by atoms with Crippen molar-refractivity contribution in [2.75, 3.05) is 25.5 Å². The number of hydrogen-bond acceptors (Lipinski definition) is 4. The molecule has 0 bridgehead atoms. The zero-order valence-electron chi connectivity index (χ0n) is 15.3. The molecule has 2 aromatic rings. The molecule has 0 heterocycles. The first-order valence-corrected chi connectivity index (χ1v) is 8.82. The van der Waals surface area contributed by atoms with Gasteiger partial charge in [-0.1, -0.05) is 18.2 Å². The second-order valence-electron chi connectivity index (χ2n) is 5.69. The number of carbonyl (C=O) groups excluding carboxylic acids is 1. The Morgan fingerprint density at radius 3 is 2.42 bits per heavy atom. The number of benzene rings is 2. The summed E-state index contributed by atoms with van der Waals surface area (Å²) in [5, 5.41) is 2.88. The molecule has 3 N–H and O–H groups in total. The van der Waals surface area contributed by atoms with E-state index in [2.05, 4.69) is 5.32 Å². The predicted octanol–water partition coefficient (Wildman–Crippen LogP) is 3.44. The average molecular weight is 354 g/mol. The quantitative estimate of drug-likeness (QED) is 0.534. The monoisotopic (exact) mass is 354 g/mol. The standard InChI is InChI=1S/C21H26N2O3/c1-3-25-19-11-7-17(15-20(19)26-4-2)13-14-23-21(24)12-8-16-5-9-18(22)10-6-16/h5-12,15H,3-4,13-14,22H2,1-2H3,(H,23,24)/b12-8+. The first-order valence-electron chi connectivity index (χ1n) is 8.82. The Labute approximate surface area is 154 Å². The summed E-state index contributed by atoms with van der Waals surface area (Å²) in [4.78, 5) is 11.9. The lowest BCUT2D eigenvalue weighted by Gasteiger charge is -2.12. The molecule has 2 aromatic carbocycles. The van der Waals surface area contributed by atoms with Crippen molar-refractivity contribution in [2.24, 2.45) is 0 Å². The maximum absolute atomic E-state index is 11.9. The van der Waals surface area contributed by atoms with E-state index < -0.39 is 0 Å². The summed E-state index contributed by atoms with van der Waals surface area (Å²) in [6.45, 7) is 5.60. The molecule has 0 unspecified atom stereocenters. The summed E-state index contributed by atoms with van der Waals surface area (Å²) in [7, 11) is 0. The summed E-state index contributed by atoms with van der Waals surface area (Å²) >= 11 is 0. The van der Waals surface area contributed by atoms with Gasteiger partial charge in [-0.05, 0) is 61.7 Å². The molecule has 0 aliphatic rings. The maximum Gasteiger partial charge on any atom is 0.244 e. The highest BCUT2D eigenvalue weighted by Crippen LogP contribution is 2.28. The van der Waals surface area contributed by atoms with E-state index in [0.29, 0.717) is 31.9 Å². The molecule has 0 aromatic heterocycles. The SMILES string of the molecule is CCOc1ccc(CCNC(=O)/C=C/c2ccc(N)cc2)cc1OCC. The molecule has 0 aliphatic heterocycles. The van der Waals surface area contributed by atoms with E-state index in [1.54, 1.807) is 18.2 Å². The second kappa shape index (κ2) is 10.1. The van der Waals surface area contributed by atoms with Crippen LogP contribution in [0.25, 0.3) is 6.08 Å². The zero-order valence-corrected chi connectivity index (χ0v) is 15.3. The lowest BCUT2D eigenvalue weighted by molar-refractivity contribution is -0.116. The van der Waals surface area contributed by atoms with E-state index in [9.17, 15) is 4.79 Å². The summed E-state index contributed by atoms with van der Waals surface area (Å²) in [5.41, 5.74) is 8.36. The molecule has 5 heteroatoms. The third-order valence-corrected chi connectivity index (χ3v) is 3.68. The Bertz CT molecular complexity index is 739. The number of hydrogen-bond donors (Lipinski definition) is 2. The van der Waals surface area contributed by atoms with Crippen LogP contribution in [0.15, 0.2) is 48.5 Å². The van der Waals surface area contributed by atoms with Crippen molar-refractivity contribution in [1.29, 1.82) is 0 Å². The zero-order chi connectivity index (χ0) is 18.8. The van der Waals surface area contributed by atoms with Crippen LogP contribution < -0.4 is 20.5 Å². The highest BCUT2D eigenvalue weighted by Gasteiger charge is 2.06. The number of anilines is 1. The fourth-order valence-electron chi connectivity index (χ4n) is 2.42. The molecule has 0 spiro atoms. The van der Waals surface area contributed by atoms with Gasteiger partial charge in [0.1, 0.15) is 0 Å². The van der Waals surface area contributed by atoms with Crippen molar-refractivity contribution in [1.82, 2.24) is 5.32 Å². The van der Waals surface area contributed by atoms with Crippen LogP contribution in [0.4, 0.5) is 5.69 Å². The fraction of sp³-hybridized carbons (Fsp3) is 0.286. The van der Waals surface area contributed by atoms with E-state index in [-0.39, 0.29) is 5.91 Å². The second-order valence-corrected chi connectivity index (χ2v) is 5.69. The van der Waals surface area contributed by atoms with Gasteiger partial charge < -0.3 is 20.5 Å². The molecule has 26 heavy (non-hydrogen) atoms. The summed E-state index contributed by atoms with van der Waals surface area (Å²) in [5.74, 6) is 1.35. The molecular formula is C21H26N2O3. The van der Waals surface area contributed by atoms with Crippen molar-refractivity contribution in [3.05, 3.63) is 59.7 Å². The Balaban J connectivity index is 1.85. The minimum atomic E-state index is -0.127. The summed E-state index contributed by atoms with van der Waals surface area (Å²) in [6.07, 6.45) is 4.00. The molecule has 0 saturated carbocycles. The first-order chi connectivity index (χ1) is 12.6. The van der Waals surface area contributed by atoms with Crippen molar-refractivity contribution >= 4 is 17.7 Å². The van der Waals surface area contributed by atoms with Gasteiger partial charge in [-0.3, -0.25) is 4.79 Å². The number of nitrogen functional groups attached to an aromatic ring is 1.